The normalized spacial score (nSPS) is 28.8. The molecule has 1 rings (SSSR count). The molecular formula is C8H9F3OS. The molecule has 0 aliphatic heterocycles. The minimum atomic E-state index is -4.28. The van der Waals surface area contributed by atoms with Gasteiger partial charge in [-0.05, 0) is 25.4 Å². The van der Waals surface area contributed by atoms with Crippen LogP contribution in [-0.4, -0.2) is 15.5 Å². The van der Waals surface area contributed by atoms with E-state index in [0.29, 0.717) is 12.0 Å². The van der Waals surface area contributed by atoms with E-state index < -0.39 is 16.5 Å². The van der Waals surface area contributed by atoms with Crippen molar-refractivity contribution in [3.05, 3.63) is 23.8 Å². The first-order valence-corrected chi connectivity index (χ1v) is 4.44. The molecule has 5 heteroatoms. The van der Waals surface area contributed by atoms with E-state index in [4.69, 9.17) is 4.55 Å². The van der Waals surface area contributed by atoms with E-state index in [9.17, 15) is 13.2 Å². The Hall–Kier alpha value is -0.420. The predicted molar refractivity (Wildman–Crippen MR) is 46.5 cm³/mol. The van der Waals surface area contributed by atoms with E-state index in [-0.39, 0.29) is 6.42 Å². The summed E-state index contributed by atoms with van der Waals surface area (Å²) in [7, 11) is 0. The van der Waals surface area contributed by atoms with Gasteiger partial charge in [-0.15, -0.1) is 0 Å². The average molecular weight is 210 g/mol. The number of hydrogen-bond donors (Lipinski definition) is 1. The van der Waals surface area contributed by atoms with E-state index in [0.717, 1.165) is 12.2 Å². The minimum absolute atomic E-state index is 0.194. The quantitative estimate of drug-likeness (QED) is 0.669. The molecule has 0 radical (unpaired) electrons. The molecule has 1 atom stereocenters. The Labute approximate surface area is 78.5 Å². The van der Waals surface area contributed by atoms with Gasteiger partial charge in [0.05, 0.1) is 10.3 Å². The van der Waals surface area contributed by atoms with Crippen molar-refractivity contribution in [3.63, 3.8) is 0 Å². The monoisotopic (exact) mass is 210 g/mol. The zero-order chi connectivity index (χ0) is 10.1. The van der Waals surface area contributed by atoms with Crippen LogP contribution < -0.4 is 0 Å². The molecule has 1 nitrogen and oxygen atoms in total. The largest absolute Gasteiger partial charge is 0.416 e. The van der Waals surface area contributed by atoms with Crippen LogP contribution in [0.15, 0.2) is 23.8 Å². The highest BCUT2D eigenvalue weighted by Crippen LogP contribution is 2.37. The molecule has 0 fully saturated rings. The van der Waals surface area contributed by atoms with Crippen molar-refractivity contribution in [1.29, 1.82) is 0 Å². The first kappa shape index (κ1) is 10.7. The summed E-state index contributed by atoms with van der Waals surface area (Å²) in [6.45, 7) is 1.68. The van der Waals surface area contributed by atoms with Gasteiger partial charge >= 0.3 is 6.18 Å². The molecule has 0 heterocycles. The molecule has 1 unspecified atom stereocenters. The number of hydrogen-bond acceptors (Lipinski definition) is 2. The summed E-state index contributed by atoms with van der Waals surface area (Å²) in [5.74, 6) is 0. The van der Waals surface area contributed by atoms with E-state index in [1.54, 1.807) is 6.92 Å². The molecule has 0 aromatic carbocycles. The highest BCUT2D eigenvalue weighted by molar-refractivity contribution is 7.95. The molecule has 0 aromatic heterocycles. The lowest BCUT2D eigenvalue weighted by molar-refractivity contribution is -0.0886. The topological polar surface area (TPSA) is 20.2 Å². The zero-order valence-corrected chi connectivity index (χ0v) is 7.75. The second kappa shape index (κ2) is 3.38. The lowest BCUT2D eigenvalue weighted by Crippen LogP contribution is -2.21. The maximum Gasteiger partial charge on any atom is 0.416 e. The van der Waals surface area contributed by atoms with Crippen LogP contribution in [0.5, 0.6) is 0 Å². The second-order valence-corrected chi connectivity index (χ2v) is 4.21. The summed E-state index contributed by atoms with van der Waals surface area (Å²) < 4.78 is 44.5. The number of halogens is 3. The maximum atomic E-state index is 12.1. The summed E-state index contributed by atoms with van der Waals surface area (Å²) in [4.78, 5) is 0. The average Bonchev–Trinajstić information content (AvgIpc) is 2.04. The third-order valence-electron chi connectivity index (χ3n) is 1.88. The van der Waals surface area contributed by atoms with Crippen molar-refractivity contribution >= 4 is 12.0 Å². The highest BCUT2D eigenvalue weighted by atomic mass is 32.2. The Kier molecular flexibility index (Phi) is 2.77. The van der Waals surface area contributed by atoms with Crippen molar-refractivity contribution in [2.24, 2.45) is 0 Å². The van der Waals surface area contributed by atoms with Gasteiger partial charge in [-0.2, -0.15) is 13.2 Å². The van der Waals surface area contributed by atoms with Crippen molar-refractivity contribution in [2.45, 2.75) is 24.3 Å². The number of allylic oxidation sites excluding steroid dienone is 3. The fourth-order valence-corrected chi connectivity index (χ4v) is 1.28. The van der Waals surface area contributed by atoms with Crippen LogP contribution in [0, 0.1) is 0 Å². The Bertz CT molecular complexity index is 257. The smallest absolute Gasteiger partial charge is 0.329 e. The third kappa shape index (κ3) is 2.51. The van der Waals surface area contributed by atoms with Crippen LogP contribution in [0.3, 0.4) is 0 Å². The van der Waals surface area contributed by atoms with Gasteiger partial charge < -0.3 is 4.55 Å². The fraction of sp³-hybridized carbons (Fsp3) is 0.500. The molecule has 1 N–H and O–H groups in total. The van der Waals surface area contributed by atoms with Crippen LogP contribution in [-0.2, 0) is 0 Å². The highest BCUT2D eigenvalue weighted by Gasteiger charge is 2.35. The molecule has 1 aliphatic rings. The second-order valence-electron chi connectivity index (χ2n) is 3.10. The Morgan fingerprint density at radius 1 is 1.54 bits per heavy atom. The molecule has 0 bridgehead atoms. The van der Waals surface area contributed by atoms with Gasteiger partial charge in [-0.3, -0.25) is 0 Å². The van der Waals surface area contributed by atoms with Gasteiger partial charge in [0.25, 0.3) is 0 Å². The molecule has 0 aromatic rings. The maximum absolute atomic E-state index is 12.1. The van der Waals surface area contributed by atoms with E-state index in [1.807, 2.05) is 0 Å². The first-order chi connectivity index (χ1) is 5.87. The van der Waals surface area contributed by atoms with Gasteiger partial charge in [0.15, 0.2) is 0 Å². The SMILES string of the molecule is CC1(SO)C=CC(C(F)(F)F)=CC1. The van der Waals surface area contributed by atoms with Crippen LogP contribution in [0.1, 0.15) is 13.3 Å². The van der Waals surface area contributed by atoms with Crippen molar-refractivity contribution in [1.82, 2.24) is 0 Å². The van der Waals surface area contributed by atoms with E-state index in [2.05, 4.69) is 0 Å². The predicted octanol–water partition coefficient (Wildman–Crippen LogP) is 3.40. The molecule has 0 amide bonds. The van der Waals surface area contributed by atoms with Crippen LogP contribution in [0.25, 0.3) is 0 Å². The summed E-state index contributed by atoms with van der Waals surface area (Å²) in [5.41, 5.74) is -0.640. The van der Waals surface area contributed by atoms with Gasteiger partial charge in [0.1, 0.15) is 0 Å². The molecule has 0 saturated carbocycles. The summed E-state index contributed by atoms with van der Waals surface area (Å²) in [6, 6.07) is 0. The van der Waals surface area contributed by atoms with Crippen LogP contribution >= 0.6 is 12.0 Å². The van der Waals surface area contributed by atoms with Crippen LogP contribution in [0.2, 0.25) is 0 Å². The Balaban J connectivity index is 2.77. The molecular weight excluding hydrogens is 201 g/mol. The Morgan fingerprint density at radius 3 is 2.46 bits per heavy atom. The van der Waals surface area contributed by atoms with E-state index >= 15 is 0 Å². The summed E-state index contributed by atoms with van der Waals surface area (Å²) in [6.07, 6.45) is -0.603. The molecule has 0 spiro atoms. The summed E-state index contributed by atoms with van der Waals surface area (Å²) >= 11 is 0.562. The first-order valence-electron chi connectivity index (χ1n) is 3.66. The number of rotatable bonds is 1. The van der Waals surface area contributed by atoms with Crippen molar-refractivity contribution in [3.8, 4) is 0 Å². The van der Waals surface area contributed by atoms with Crippen molar-refractivity contribution < 1.29 is 17.7 Å². The van der Waals surface area contributed by atoms with Gasteiger partial charge in [-0.1, -0.05) is 18.2 Å². The molecule has 0 saturated heterocycles. The standard InChI is InChI=1S/C8H9F3OS/c1-7(13-12)4-2-6(3-5-7)8(9,10)11/h2-4,12H,5H2,1H3. The van der Waals surface area contributed by atoms with Crippen molar-refractivity contribution in [2.75, 3.05) is 0 Å². The van der Waals surface area contributed by atoms with Gasteiger partial charge in [0.2, 0.25) is 0 Å². The summed E-state index contributed by atoms with van der Waals surface area (Å²) in [5, 5.41) is 0. The van der Waals surface area contributed by atoms with E-state index in [1.165, 1.54) is 6.08 Å². The van der Waals surface area contributed by atoms with Crippen LogP contribution in [0.4, 0.5) is 13.2 Å². The molecule has 13 heavy (non-hydrogen) atoms. The Morgan fingerprint density at radius 2 is 2.15 bits per heavy atom. The lowest BCUT2D eigenvalue weighted by Gasteiger charge is -2.24. The van der Waals surface area contributed by atoms with Gasteiger partial charge in [0, 0.05) is 0 Å². The minimum Gasteiger partial charge on any atom is -0.329 e. The zero-order valence-electron chi connectivity index (χ0n) is 6.93. The molecule has 74 valence electrons. The van der Waals surface area contributed by atoms with Gasteiger partial charge in [-0.25, -0.2) is 0 Å². The third-order valence-corrected chi connectivity index (χ3v) is 2.60. The molecule has 1 aliphatic carbocycles. The fourth-order valence-electron chi connectivity index (χ4n) is 0.993. The number of alkyl halides is 3. The lowest BCUT2D eigenvalue weighted by atomic mass is 9.97.